The topological polar surface area (TPSA) is 76.3 Å². The van der Waals surface area contributed by atoms with Crippen LogP contribution in [-0.2, 0) is 6.54 Å². The van der Waals surface area contributed by atoms with Crippen LogP contribution < -0.4 is 15.0 Å². The van der Waals surface area contributed by atoms with Crippen molar-refractivity contribution in [3.63, 3.8) is 0 Å². The fourth-order valence-electron chi connectivity index (χ4n) is 2.93. The number of benzene rings is 2. The highest BCUT2D eigenvalue weighted by atomic mass is 16.5. The van der Waals surface area contributed by atoms with Gasteiger partial charge in [0.1, 0.15) is 11.6 Å². The van der Waals surface area contributed by atoms with Crippen molar-refractivity contribution < 1.29 is 9.26 Å². The van der Waals surface area contributed by atoms with Crippen molar-refractivity contribution >= 4 is 11.5 Å². The van der Waals surface area contributed by atoms with E-state index in [9.17, 15) is 0 Å². The normalized spacial score (nSPS) is 10.6. The number of methoxy groups -OCH3 is 1. The van der Waals surface area contributed by atoms with E-state index in [0.29, 0.717) is 18.3 Å². The number of pyridine rings is 1. The minimum atomic E-state index is 0.430. The van der Waals surface area contributed by atoms with Crippen molar-refractivity contribution in [1.29, 1.82) is 0 Å². The number of hydrogen-bond acceptors (Lipinski definition) is 7. The lowest BCUT2D eigenvalue weighted by Crippen LogP contribution is -2.08. The third-order valence-electron chi connectivity index (χ3n) is 4.71. The number of anilines is 2. The molecule has 7 heteroatoms. The van der Waals surface area contributed by atoms with E-state index in [1.165, 1.54) is 11.3 Å². The zero-order valence-corrected chi connectivity index (χ0v) is 17.2. The van der Waals surface area contributed by atoms with Crippen molar-refractivity contribution in [1.82, 2.24) is 15.1 Å². The molecule has 0 unspecified atom stereocenters. The maximum absolute atomic E-state index is 5.40. The van der Waals surface area contributed by atoms with Crippen LogP contribution in [0.5, 0.6) is 5.75 Å². The highest BCUT2D eigenvalue weighted by Gasteiger charge is 2.11. The molecule has 0 aliphatic rings. The quantitative estimate of drug-likeness (QED) is 0.489. The Morgan fingerprint density at radius 1 is 0.933 bits per heavy atom. The molecule has 0 aliphatic carbocycles. The maximum Gasteiger partial charge on any atom is 0.259 e. The van der Waals surface area contributed by atoms with Gasteiger partial charge < -0.3 is 19.5 Å². The summed E-state index contributed by atoms with van der Waals surface area (Å²) < 4.78 is 10.6. The lowest BCUT2D eigenvalue weighted by molar-refractivity contribution is 0.415. The molecule has 30 heavy (non-hydrogen) atoms. The molecule has 7 nitrogen and oxygen atoms in total. The molecule has 0 fully saturated rings. The van der Waals surface area contributed by atoms with Crippen molar-refractivity contribution in [2.75, 3.05) is 31.4 Å². The van der Waals surface area contributed by atoms with E-state index < -0.39 is 0 Å². The molecule has 2 aromatic carbocycles. The van der Waals surface area contributed by atoms with Crippen LogP contribution in [0.4, 0.5) is 11.5 Å². The van der Waals surface area contributed by atoms with Gasteiger partial charge in [-0.15, -0.1) is 0 Å². The molecule has 0 radical (unpaired) electrons. The number of ether oxygens (including phenoxy) is 1. The molecule has 0 aliphatic heterocycles. The van der Waals surface area contributed by atoms with Gasteiger partial charge in [0.25, 0.3) is 5.89 Å². The highest BCUT2D eigenvalue weighted by Crippen LogP contribution is 2.24. The number of nitrogens with zero attached hydrogens (tertiary/aromatic N) is 4. The molecule has 1 N–H and O–H groups in total. The average molecular weight is 401 g/mol. The van der Waals surface area contributed by atoms with Gasteiger partial charge in [0.05, 0.1) is 12.7 Å². The lowest BCUT2D eigenvalue weighted by Gasteiger charge is -2.13. The summed E-state index contributed by atoms with van der Waals surface area (Å²) in [6, 6.07) is 19.7. The van der Waals surface area contributed by atoms with E-state index in [4.69, 9.17) is 9.26 Å². The Labute approximate surface area is 175 Å². The Kier molecular flexibility index (Phi) is 5.61. The van der Waals surface area contributed by atoms with Crippen molar-refractivity contribution in [2.45, 2.75) is 6.54 Å². The molecule has 0 amide bonds. The van der Waals surface area contributed by atoms with Gasteiger partial charge in [-0.1, -0.05) is 17.3 Å². The molecule has 0 saturated heterocycles. The van der Waals surface area contributed by atoms with Gasteiger partial charge in [-0.2, -0.15) is 4.98 Å². The van der Waals surface area contributed by atoms with Gasteiger partial charge in [0.15, 0.2) is 0 Å². The first-order valence-corrected chi connectivity index (χ1v) is 9.57. The van der Waals surface area contributed by atoms with E-state index in [-0.39, 0.29) is 0 Å². The van der Waals surface area contributed by atoms with Gasteiger partial charge in [-0.3, -0.25) is 0 Å². The van der Waals surface area contributed by atoms with Crippen LogP contribution in [0.2, 0.25) is 0 Å². The van der Waals surface area contributed by atoms with Crippen molar-refractivity contribution in [3.05, 3.63) is 72.4 Å². The summed E-state index contributed by atoms with van der Waals surface area (Å²) >= 11 is 0. The van der Waals surface area contributed by atoms with Crippen LogP contribution >= 0.6 is 0 Å². The molecule has 2 aromatic heterocycles. The summed E-state index contributed by atoms with van der Waals surface area (Å²) in [7, 11) is 5.69. The maximum atomic E-state index is 5.40. The predicted octanol–water partition coefficient (Wildman–Crippen LogP) is 4.49. The largest absolute Gasteiger partial charge is 0.497 e. The zero-order valence-electron chi connectivity index (χ0n) is 17.2. The van der Waals surface area contributed by atoms with Crippen LogP contribution in [0.3, 0.4) is 0 Å². The van der Waals surface area contributed by atoms with Crippen LogP contribution in [0.25, 0.3) is 22.8 Å². The smallest absolute Gasteiger partial charge is 0.259 e. The average Bonchev–Trinajstić information content (AvgIpc) is 3.29. The molecule has 2 heterocycles. The Bertz CT molecular complexity index is 1090. The Morgan fingerprint density at radius 2 is 1.67 bits per heavy atom. The van der Waals surface area contributed by atoms with Crippen LogP contribution in [0.1, 0.15) is 5.56 Å². The summed E-state index contributed by atoms with van der Waals surface area (Å²) in [5.41, 5.74) is 3.99. The molecule has 0 saturated carbocycles. The van der Waals surface area contributed by atoms with Gasteiger partial charge in [-0.05, 0) is 54.1 Å². The Balaban J connectivity index is 1.40. The fourth-order valence-corrected chi connectivity index (χ4v) is 2.93. The second-order valence-electron chi connectivity index (χ2n) is 7.00. The molecule has 0 bridgehead atoms. The molecule has 4 rings (SSSR count). The third-order valence-corrected chi connectivity index (χ3v) is 4.71. The number of aromatic nitrogens is 3. The highest BCUT2D eigenvalue weighted by molar-refractivity contribution is 5.60. The monoisotopic (exact) mass is 401 g/mol. The van der Waals surface area contributed by atoms with Crippen LogP contribution in [0.15, 0.2) is 71.4 Å². The summed E-state index contributed by atoms with van der Waals surface area (Å²) in [5.74, 6) is 2.52. The molecular weight excluding hydrogens is 378 g/mol. The number of nitrogens with one attached hydrogen (secondary N) is 1. The minimum Gasteiger partial charge on any atom is -0.497 e. The van der Waals surface area contributed by atoms with Gasteiger partial charge in [0.2, 0.25) is 5.82 Å². The molecular formula is C23H23N5O2. The van der Waals surface area contributed by atoms with Crippen molar-refractivity contribution in [2.24, 2.45) is 0 Å². The van der Waals surface area contributed by atoms with Crippen LogP contribution in [0, 0.1) is 0 Å². The first kappa shape index (κ1) is 19.4. The minimum absolute atomic E-state index is 0.430. The van der Waals surface area contributed by atoms with E-state index in [2.05, 4.69) is 49.6 Å². The zero-order chi connectivity index (χ0) is 20.9. The Morgan fingerprint density at radius 3 is 2.30 bits per heavy atom. The molecule has 0 spiro atoms. The number of rotatable bonds is 7. The fraction of sp³-hybridized carbons (Fsp3) is 0.174. The van der Waals surface area contributed by atoms with Gasteiger partial charge >= 0.3 is 0 Å². The molecule has 4 aromatic rings. The summed E-state index contributed by atoms with van der Waals surface area (Å²) in [4.78, 5) is 11.0. The van der Waals surface area contributed by atoms with E-state index in [0.717, 1.165) is 22.7 Å². The van der Waals surface area contributed by atoms with Crippen LogP contribution in [-0.4, -0.2) is 36.3 Å². The van der Waals surface area contributed by atoms with Gasteiger partial charge in [-0.25, -0.2) is 4.98 Å². The third kappa shape index (κ3) is 4.41. The Hall–Kier alpha value is -3.87. The van der Waals surface area contributed by atoms with E-state index in [1.54, 1.807) is 13.3 Å². The molecule has 0 atom stereocenters. The first-order valence-electron chi connectivity index (χ1n) is 9.57. The SMILES string of the molecule is COc1ccc(-c2noc(-c3ccc(NCc4ccc(N(C)C)cc4)nc3)n2)cc1. The molecule has 152 valence electrons. The lowest BCUT2D eigenvalue weighted by atomic mass is 10.2. The van der Waals surface area contributed by atoms with E-state index in [1.807, 2.05) is 50.5 Å². The van der Waals surface area contributed by atoms with E-state index >= 15 is 0 Å². The summed E-state index contributed by atoms with van der Waals surface area (Å²) in [5, 5.41) is 7.39. The van der Waals surface area contributed by atoms with Crippen molar-refractivity contribution in [3.8, 4) is 28.6 Å². The second kappa shape index (κ2) is 8.65. The second-order valence-corrected chi connectivity index (χ2v) is 7.00. The van der Waals surface area contributed by atoms with Gasteiger partial charge in [0, 0.05) is 38.1 Å². The first-order chi connectivity index (χ1) is 14.6. The standard InChI is InChI=1S/C23H23N5O2/c1-28(2)19-9-4-16(5-10-19)14-24-21-13-8-18(15-25-21)23-26-22(27-30-23)17-6-11-20(29-3)12-7-17/h4-13,15H,14H2,1-3H3,(H,24,25). The summed E-state index contributed by atoms with van der Waals surface area (Å²) in [6.07, 6.45) is 1.72. The summed E-state index contributed by atoms with van der Waals surface area (Å²) in [6.45, 7) is 0.697. The number of hydrogen-bond donors (Lipinski definition) is 1. The predicted molar refractivity (Wildman–Crippen MR) is 118 cm³/mol.